The lowest BCUT2D eigenvalue weighted by atomic mass is 10.2. The zero-order chi connectivity index (χ0) is 14.7. The molecule has 0 aliphatic carbocycles. The van der Waals surface area contributed by atoms with Gasteiger partial charge in [0.15, 0.2) is 0 Å². The molecule has 0 unspecified atom stereocenters. The average molecular weight is 295 g/mol. The van der Waals surface area contributed by atoms with Gasteiger partial charge in [0.1, 0.15) is 11.6 Å². The van der Waals surface area contributed by atoms with E-state index in [0.29, 0.717) is 17.1 Å². The third kappa shape index (κ3) is 3.54. The van der Waals surface area contributed by atoms with Crippen molar-refractivity contribution in [2.24, 2.45) is 0 Å². The molecule has 0 aromatic heterocycles. The van der Waals surface area contributed by atoms with Crippen LogP contribution in [0, 0.1) is 5.82 Å². The highest BCUT2D eigenvalue weighted by Gasteiger charge is 2.06. The highest BCUT2D eigenvalue weighted by atomic mass is 35.5. The minimum absolute atomic E-state index is 0.0283. The molecule has 0 aliphatic heterocycles. The predicted octanol–water partition coefficient (Wildman–Crippen LogP) is 4.59. The maximum absolute atomic E-state index is 13.4. The fourth-order valence-electron chi connectivity index (χ4n) is 1.71. The molecule has 0 saturated carbocycles. The standard InChI is InChI=1S/C15H16ClFN2O/c1-9(2)20-15-8-11(4-6-14(15)18)19-10-3-5-12(16)13(17)7-10/h3-9,19H,18H2,1-2H3. The second kappa shape index (κ2) is 6.01. The molecule has 0 aliphatic rings. The molecule has 0 heterocycles. The molecule has 0 atom stereocenters. The molecular formula is C15H16ClFN2O. The van der Waals surface area contributed by atoms with Crippen molar-refractivity contribution in [3.63, 3.8) is 0 Å². The number of anilines is 3. The Balaban J connectivity index is 2.22. The summed E-state index contributed by atoms with van der Waals surface area (Å²) >= 11 is 5.65. The first kappa shape index (κ1) is 14.5. The molecule has 2 rings (SSSR count). The Hall–Kier alpha value is -1.94. The highest BCUT2D eigenvalue weighted by Crippen LogP contribution is 2.29. The van der Waals surface area contributed by atoms with Gasteiger partial charge in [-0.15, -0.1) is 0 Å². The van der Waals surface area contributed by atoms with E-state index in [4.69, 9.17) is 22.1 Å². The summed E-state index contributed by atoms with van der Waals surface area (Å²) in [6.45, 7) is 3.85. The van der Waals surface area contributed by atoms with Gasteiger partial charge in [0.25, 0.3) is 0 Å². The fraction of sp³-hybridized carbons (Fsp3) is 0.200. The molecule has 0 spiro atoms. The van der Waals surface area contributed by atoms with Crippen molar-refractivity contribution in [1.29, 1.82) is 0 Å². The van der Waals surface area contributed by atoms with Crippen molar-refractivity contribution in [3.05, 3.63) is 47.2 Å². The number of benzene rings is 2. The molecule has 0 saturated heterocycles. The zero-order valence-electron chi connectivity index (χ0n) is 11.3. The van der Waals surface area contributed by atoms with Gasteiger partial charge in [-0.1, -0.05) is 11.6 Å². The maximum Gasteiger partial charge on any atom is 0.144 e. The van der Waals surface area contributed by atoms with E-state index < -0.39 is 5.82 Å². The van der Waals surface area contributed by atoms with Crippen LogP contribution in [0.5, 0.6) is 5.75 Å². The number of nitrogen functional groups attached to an aromatic ring is 1. The third-order valence-corrected chi connectivity index (χ3v) is 2.89. The monoisotopic (exact) mass is 294 g/mol. The van der Waals surface area contributed by atoms with Crippen molar-refractivity contribution in [3.8, 4) is 5.75 Å². The van der Waals surface area contributed by atoms with Crippen molar-refractivity contribution < 1.29 is 9.13 Å². The Kier molecular flexibility index (Phi) is 4.35. The normalized spacial score (nSPS) is 10.7. The van der Waals surface area contributed by atoms with E-state index in [1.165, 1.54) is 12.1 Å². The van der Waals surface area contributed by atoms with Crippen LogP contribution in [0.3, 0.4) is 0 Å². The quantitative estimate of drug-likeness (QED) is 0.811. The van der Waals surface area contributed by atoms with Gasteiger partial charge < -0.3 is 15.8 Å². The topological polar surface area (TPSA) is 47.3 Å². The summed E-state index contributed by atoms with van der Waals surface area (Å²) in [5.74, 6) is 0.130. The summed E-state index contributed by atoms with van der Waals surface area (Å²) in [4.78, 5) is 0. The van der Waals surface area contributed by atoms with E-state index in [1.807, 2.05) is 13.8 Å². The van der Waals surface area contributed by atoms with Crippen LogP contribution in [0.1, 0.15) is 13.8 Å². The Labute approximate surface area is 122 Å². The average Bonchev–Trinajstić information content (AvgIpc) is 2.37. The van der Waals surface area contributed by atoms with E-state index in [1.54, 1.807) is 24.3 Å². The molecule has 5 heteroatoms. The van der Waals surface area contributed by atoms with E-state index in [0.717, 1.165) is 5.69 Å². The van der Waals surface area contributed by atoms with Crippen LogP contribution >= 0.6 is 11.6 Å². The van der Waals surface area contributed by atoms with E-state index >= 15 is 0 Å². The van der Waals surface area contributed by atoms with E-state index in [9.17, 15) is 4.39 Å². The van der Waals surface area contributed by atoms with Crippen LogP contribution in [0.25, 0.3) is 0 Å². The van der Waals surface area contributed by atoms with Crippen molar-refractivity contribution >= 4 is 28.7 Å². The lowest BCUT2D eigenvalue weighted by molar-refractivity contribution is 0.244. The summed E-state index contributed by atoms with van der Waals surface area (Å²) in [7, 11) is 0. The second-order valence-electron chi connectivity index (χ2n) is 4.67. The molecule has 2 aromatic rings. The van der Waals surface area contributed by atoms with E-state index in [2.05, 4.69) is 5.32 Å². The number of ether oxygens (including phenoxy) is 1. The number of nitrogens with one attached hydrogen (secondary N) is 1. The van der Waals surface area contributed by atoms with Gasteiger partial charge >= 0.3 is 0 Å². The third-order valence-electron chi connectivity index (χ3n) is 2.58. The highest BCUT2D eigenvalue weighted by molar-refractivity contribution is 6.30. The molecule has 20 heavy (non-hydrogen) atoms. The van der Waals surface area contributed by atoms with Crippen molar-refractivity contribution in [2.75, 3.05) is 11.1 Å². The van der Waals surface area contributed by atoms with Gasteiger partial charge in [0.2, 0.25) is 0 Å². The smallest absolute Gasteiger partial charge is 0.144 e. The minimum Gasteiger partial charge on any atom is -0.489 e. The number of halogens is 2. The predicted molar refractivity (Wildman–Crippen MR) is 81.3 cm³/mol. The molecular weight excluding hydrogens is 279 g/mol. The summed E-state index contributed by atoms with van der Waals surface area (Å²) < 4.78 is 19.0. The first-order valence-electron chi connectivity index (χ1n) is 6.24. The van der Waals surface area contributed by atoms with Crippen LogP contribution in [0.15, 0.2) is 36.4 Å². The second-order valence-corrected chi connectivity index (χ2v) is 5.08. The minimum atomic E-state index is -0.467. The Morgan fingerprint density at radius 1 is 1.15 bits per heavy atom. The first-order valence-corrected chi connectivity index (χ1v) is 6.62. The number of hydrogen-bond donors (Lipinski definition) is 2. The fourth-order valence-corrected chi connectivity index (χ4v) is 1.83. The largest absolute Gasteiger partial charge is 0.489 e. The lowest BCUT2D eigenvalue weighted by Crippen LogP contribution is -2.07. The van der Waals surface area contributed by atoms with Crippen LogP contribution in [0.4, 0.5) is 21.5 Å². The van der Waals surface area contributed by atoms with Crippen LogP contribution in [-0.2, 0) is 0 Å². The van der Waals surface area contributed by atoms with Crippen molar-refractivity contribution in [2.45, 2.75) is 20.0 Å². The van der Waals surface area contributed by atoms with Gasteiger partial charge in [-0.25, -0.2) is 4.39 Å². The van der Waals surface area contributed by atoms with Gasteiger partial charge in [-0.3, -0.25) is 0 Å². The maximum atomic E-state index is 13.4. The molecule has 2 aromatic carbocycles. The zero-order valence-corrected chi connectivity index (χ0v) is 12.0. The van der Waals surface area contributed by atoms with Crippen LogP contribution in [0.2, 0.25) is 5.02 Å². The first-order chi connectivity index (χ1) is 9.45. The van der Waals surface area contributed by atoms with Crippen LogP contribution < -0.4 is 15.8 Å². The van der Waals surface area contributed by atoms with Gasteiger partial charge in [-0.05, 0) is 44.2 Å². The lowest BCUT2D eigenvalue weighted by Gasteiger charge is -2.14. The molecule has 0 fully saturated rings. The molecule has 3 nitrogen and oxygen atoms in total. The number of hydrogen-bond acceptors (Lipinski definition) is 3. The van der Waals surface area contributed by atoms with Crippen LogP contribution in [-0.4, -0.2) is 6.10 Å². The number of nitrogens with two attached hydrogens (primary N) is 1. The summed E-state index contributed by atoms with van der Waals surface area (Å²) in [6, 6.07) is 9.86. The molecule has 0 radical (unpaired) electrons. The Morgan fingerprint density at radius 2 is 1.80 bits per heavy atom. The SMILES string of the molecule is CC(C)Oc1cc(Nc2ccc(Cl)c(F)c2)ccc1N. The molecule has 3 N–H and O–H groups in total. The molecule has 0 amide bonds. The Bertz CT molecular complexity index is 617. The summed E-state index contributed by atoms with van der Waals surface area (Å²) in [5, 5.41) is 3.17. The van der Waals surface area contributed by atoms with Crippen molar-refractivity contribution in [1.82, 2.24) is 0 Å². The molecule has 106 valence electrons. The van der Waals surface area contributed by atoms with Gasteiger partial charge in [0, 0.05) is 17.4 Å². The number of rotatable bonds is 4. The van der Waals surface area contributed by atoms with E-state index in [-0.39, 0.29) is 11.1 Å². The molecule has 0 bridgehead atoms. The summed E-state index contributed by atoms with van der Waals surface area (Å²) in [5.41, 5.74) is 7.77. The summed E-state index contributed by atoms with van der Waals surface area (Å²) in [6.07, 6.45) is 0.0283. The van der Waals surface area contributed by atoms with Gasteiger partial charge in [0.05, 0.1) is 16.8 Å². The van der Waals surface area contributed by atoms with Gasteiger partial charge in [-0.2, -0.15) is 0 Å². The Morgan fingerprint density at radius 3 is 2.45 bits per heavy atom.